The van der Waals surface area contributed by atoms with Gasteiger partial charge >= 0.3 is 0 Å². The summed E-state index contributed by atoms with van der Waals surface area (Å²) in [5.41, 5.74) is 10.3. The third-order valence-electron chi connectivity index (χ3n) is 11.6. The molecule has 0 unspecified atom stereocenters. The Morgan fingerprint density at radius 1 is 0.339 bits per heavy atom. The zero-order valence-corrected chi connectivity index (χ0v) is 31.5. The van der Waals surface area contributed by atoms with Crippen LogP contribution < -0.4 is 0 Å². The number of para-hydroxylation sites is 7. The smallest absolute Gasteiger partial charge is 0.238 e. The van der Waals surface area contributed by atoms with E-state index in [0.29, 0.717) is 23.2 Å². The summed E-state index contributed by atoms with van der Waals surface area (Å²) < 4.78 is 6.71. The zero-order chi connectivity index (χ0) is 39.0. The molecule has 0 saturated heterocycles. The topological polar surface area (TPSA) is 77.2 Å². The highest BCUT2D eigenvalue weighted by atomic mass is 15.2. The first kappa shape index (κ1) is 32.9. The van der Waals surface area contributed by atoms with Gasteiger partial charge in [-0.25, -0.2) is 4.98 Å². The third-order valence-corrected chi connectivity index (χ3v) is 11.6. The van der Waals surface area contributed by atoms with E-state index in [1.165, 1.54) is 10.8 Å². The Labute approximate surface area is 337 Å². The fourth-order valence-corrected chi connectivity index (χ4v) is 9.04. The largest absolute Gasteiger partial charge is 0.309 e. The van der Waals surface area contributed by atoms with Crippen molar-refractivity contribution in [2.45, 2.75) is 0 Å². The number of nitrogens with zero attached hydrogens (tertiary/aromatic N) is 7. The van der Waals surface area contributed by atoms with Crippen molar-refractivity contribution in [2.75, 3.05) is 0 Å². The fraction of sp³-hybridized carbons (Fsp3) is 0. The molecule has 4 heterocycles. The lowest BCUT2D eigenvalue weighted by Gasteiger charge is -2.17. The van der Waals surface area contributed by atoms with E-state index >= 15 is 0 Å². The Morgan fingerprint density at radius 2 is 0.695 bits per heavy atom. The van der Waals surface area contributed by atoms with E-state index < -0.39 is 0 Å². The van der Waals surface area contributed by atoms with Crippen LogP contribution in [0.5, 0.6) is 0 Å². The molecule has 7 nitrogen and oxygen atoms in total. The number of rotatable bonds is 5. The summed E-state index contributed by atoms with van der Waals surface area (Å²) >= 11 is 0. The van der Waals surface area contributed by atoms with Gasteiger partial charge in [0.25, 0.3) is 0 Å². The van der Waals surface area contributed by atoms with Crippen molar-refractivity contribution in [3.63, 3.8) is 0 Å². The number of fused-ring (bicyclic) bond motifs is 9. The van der Waals surface area contributed by atoms with Crippen LogP contribution in [0.15, 0.2) is 188 Å². The molecule has 12 rings (SSSR count). The molecule has 0 amide bonds. The molecule has 0 N–H and O–H groups in total. The fourth-order valence-electron chi connectivity index (χ4n) is 9.04. The molecule has 0 fully saturated rings. The van der Waals surface area contributed by atoms with Gasteiger partial charge in [0, 0.05) is 43.4 Å². The molecule has 0 aliphatic heterocycles. The van der Waals surface area contributed by atoms with Gasteiger partial charge in [-0.2, -0.15) is 15.2 Å². The normalized spacial score (nSPS) is 11.7. The Morgan fingerprint density at radius 3 is 1.14 bits per heavy atom. The predicted octanol–water partition coefficient (Wildman–Crippen LogP) is 12.4. The van der Waals surface area contributed by atoms with E-state index in [1.807, 2.05) is 30.3 Å². The highest BCUT2D eigenvalue weighted by molar-refractivity contribution is 6.11. The van der Waals surface area contributed by atoms with Gasteiger partial charge < -0.3 is 9.13 Å². The van der Waals surface area contributed by atoms with Crippen molar-refractivity contribution in [3.8, 4) is 46.2 Å². The Hall–Kier alpha value is -8.34. The summed E-state index contributed by atoms with van der Waals surface area (Å²) in [4.78, 5) is 16.2. The molecular formula is C52H31N7. The summed E-state index contributed by atoms with van der Waals surface area (Å²) in [6, 6.07) is 67.2. The summed E-state index contributed by atoms with van der Waals surface area (Å²) in [6.45, 7) is 0. The molecular weight excluding hydrogens is 723 g/mol. The van der Waals surface area contributed by atoms with E-state index in [0.717, 1.165) is 77.1 Å². The predicted molar refractivity (Wildman–Crippen MR) is 238 cm³/mol. The first-order chi connectivity index (χ1) is 29.2. The van der Waals surface area contributed by atoms with Gasteiger partial charge in [0.05, 0.1) is 56.1 Å². The highest BCUT2D eigenvalue weighted by Gasteiger charge is 2.23. The monoisotopic (exact) mass is 753 g/mol. The van der Waals surface area contributed by atoms with Crippen LogP contribution in [0.4, 0.5) is 0 Å². The molecule has 0 spiro atoms. The lowest BCUT2D eigenvalue weighted by atomic mass is 10.1. The maximum absolute atomic E-state index is 9.99. The maximum atomic E-state index is 9.99. The van der Waals surface area contributed by atoms with Crippen LogP contribution in [-0.2, 0) is 0 Å². The number of hydrogen-bond acceptors (Lipinski definition) is 4. The number of aromatic nitrogens is 6. The summed E-state index contributed by atoms with van der Waals surface area (Å²) in [5.74, 6) is 1.60. The molecule has 8 aromatic carbocycles. The van der Waals surface area contributed by atoms with Crippen molar-refractivity contribution in [1.82, 2.24) is 28.7 Å². The first-order valence-corrected chi connectivity index (χ1v) is 19.6. The van der Waals surface area contributed by atoms with E-state index in [4.69, 9.17) is 15.0 Å². The highest BCUT2D eigenvalue weighted by Crippen LogP contribution is 2.39. The second-order valence-corrected chi connectivity index (χ2v) is 14.8. The molecule has 0 atom stereocenters. The van der Waals surface area contributed by atoms with Gasteiger partial charge in [-0.05, 0) is 66.7 Å². The standard InChI is InChI=1S/C52H31N7/c53-32-33-29-30-39-38-19-3-10-24-44(38)58(49(39)31-33)48-28-14-7-21-41(48)51-54-50(55-52(56-51)59-45-25-11-4-17-36(45)37-18-5-12-26-46(37)59)40-20-6-13-27-47(40)57-42-22-8-1-15-34(42)35-16-2-9-23-43(35)57/h1-31H. The maximum Gasteiger partial charge on any atom is 0.238 e. The molecule has 274 valence electrons. The van der Waals surface area contributed by atoms with Crippen LogP contribution in [0.25, 0.3) is 106 Å². The lowest BCUT2D eigenvalue weighted by Crippen LogP contribution is -2.09. The average Bonchev–Trinajstić information content (AvgIpc) is 3.94. The molecule has 12 aromatic rings. The van der Waals surface area contributed by atoms with Crippen LogP contribution in [0.2, 0.25) is 0 Å². The Balaban J connectivity index is 1.18. The lowest BCUT2D eigenvalue weighted by molar-refractivity contribution is 0.950. The second-order valence-electron chi connectivity index (χ2n) is 14.8. The summed E-state index contributed by atoms with van der Waals surface area (Å²) in [7, 11) is 0. The number of nitriles is 1. The third kappa shape index (κ3) is 4.90. The minimum Gasteiger partial charge on any atom is -0.309 e. The molecule has 0 aliphatic carbocycles. The van der Waals surface area contributed by atoms with Gasteiger partial charge in [-0.3, -0.25) is 4.57 Å². The van der Waals surface area contributed by atoms with E-state index in [-0.39, 0.29) is 0 Å². The quantitative estimate of drug-likeness (QED) is 0.175. The van der Waals surface area contributed by atoms with Crippen LogP contribution >= 0.6 is 0 Å². The van der Waals surface area contributed by atoms with E-state index in [9.17, 15) is 5.26 Å². The molecule has 0 bridgehead atoms. The average molecular weight is 754 g/mol. The minimum absolute atomic E-state index is 0.517. The first-order valence-electron chi connectivity index (χ1n) is 19.6. The van der Waals surface area contributed by atoms with Crippen LogP contribution in [0.1, 0.15) is 5.56 Å². The van der Waals surface area contributed by atoms with E-state index in [1.54, 1.807) is 0 Å². The van der Waals surface area contributed by atoms with Crippen LogP contribution in [-0.4, -0.2) is 28.7 Å². The van der Waals surface area contributed by atoms with Crippen molar-refractivity contribution >= 4 is 65.4 Å². The van der Waals surface area contributed by atoms with Crippen molar-refractivity contribution < 1.29 is 0 Å². The molecule has 59 heavy (non-hydrogen) atoms. The molecule has 7 heteroatoms. The van der Waals surface area contributed by atoms with Gasteiger partial charge in [0.15, 0.2) is 11.6 Å². The summed E-state index contributed by atoms with van der Waals surface area (Å²) in [6.07, 6.45) is 0. The SMILES string of the molecule is N#Cc1ccc2c3ccccc3n(-c3ccccc3-c3nc(-c4ccccc4-n4c5ccccc5c5ccccc54)nc(-n4c5ccccc5c5ccccc54)n3)c2c1. The van der Waals surface area contributed by atoms with Crippen LogP contribution in [0.3, 0.4) is 0 Å². The Bertz CT molecular complexity index is 3600. The van der Waals surface area contributed by atoms with Gasteiger partial charge in [0.1, 0.15) is 0 Å². The minimum atomic E-state index is 0.517. The van der Waals surface area contributed by atoms with Crippen molar-refractivity contribution in [3.05, 3.63) is 194 Å². The number of hydrogen-bond donors (Lipinski definition) is 0. The Kier molecular flexibility index (Phi) is 7.16. The van der Waals surface area contributed by atoms with E-state index in [2.05, 4.69) is 177 Å². The van der Waals surface area contributed by atoms with Crippen molar-refractivity contribution in [1.29, 1.82) is 5.26 Å². The zero-order valence-electron chi connectivity index (χ0n) is 31.5. The van der Waals surface area contributed by atoms with Crippen molar-refractivity contribution in [2.24, 2.45) is 0 Å². The van der Waals surface area contributed by atoms with Gasteiger partial charge in [-0.15, -0.1) is 0 Å². The molecule has 4 aromatic heterocycles. The van der Waals surface area contributed by atoms with Crippen LogP contribution in [0, 0.1) is 11.3 Å². The van der Waals surface area contributed by atoms with Gasteiger partial charge in [0.2, 0.25) is 5.95 Å². The molecule has 0 saturated carbocycles. The molecule has 0 aliphatic rings. The number of benzene rings is 8. The molecule has 0 radical (unpaired) electrons. The summed E-state index contributed by atoms with van der Waals surface area (Å²) in [5, 5.41) is 16.8. The van der Waals surface area contributed by atoms with Gasteiger partial charge in [-0.1, -0.05) is 121 Å². The second kappa shape index (κ2) is 12.8.